The van der Waals surface area contributed by atoms with E-state index in [-0.39, 0.29) is 11.9 Å². The maximum absolute atomic E-state index is 13.5. The van der Waals surface area contributed by atoms with E-state index < -0.39 is 5.66 Å². The standard InChI is InChI=1S/C26H30ClN5OS2/c1-35-14-9-23-24(33)32(18-21-4-2-3-20(15-21)16-28)26(30-23)10-12-31(13-11-26)25(34)29-17-19-5-7-22(27)8-6-19/h2-8,15,23,30H,9-14,17-18H2,1H3,(H,29,34). The fourth-order valence-corrected chi connectivity index (χ4v) is 5.68. The Morgan fingerprint density at radius 1 is 1.26 bits per heavy atom. The maximum Gasteiger partial charge on any atom is 0.241 e. The first-order valence-electron chi connectivity index (χ1n) is 11.8. The highest BCUT2D eigenvalue weighted by Crippen LogP contribution is 2.35. The lowest BCUT2D eigenvalue weighted by atomic mass is 9.95. The summed E-state index contributed by atoms with van der Waals surface area (Å²) in [7, 11) is 0. The highest BCUT2D eigenvalue weighted by atomic mass is 35.5. The van der Waals surface area contributed by atoms with Crippen LogP contribution in [-0.4, -0.2) is 57.6 Å². The number of piperidine rings is 1. The first kappa shape index (κ1) is 25.8. The van der Waals surface area contributed by atoms with Crippen LogP contribution in [0, 0.1) is 11.3 Å². The maximum atomic E-state index is 13.5. The molecule has 2 aliphatic heterocycles. The fraction of sp³-hybridized carbons (Fsp3) is 0.423. The van der Waals surface area contributed by atoms with Crippen LogP contribution in [0.4, 0.5) is 0 Å². The number of thiocarbonyl (C=S) groups is 1. The van der Waals surface area contributed by atoms with Crippen molar-refractivity contribution in [2.45, 2.75) is 44.1 Å². The van der Waals surface area contributed by atoms with Gasteiger partial charge in [0.2, 0.25) is 5.91 Å². The summed E-state index contributed by atoms with van der Waals surface area (Å²) < 4.78 is 0. The fourth-order valence-electron chi connectivity index (χ4n) is 4.83. The molecular formula is C26H30ClN5OS2. The van der Waals surface area contributed by atoms with Crippen molar-refractivity contribution in [2.75, 3.05) is 25.1 Å². The van der Waals surface area contributed by atoms with Gasteiger partial charge in [0.05, 0.1) is 23.3 Å². The highest BCUT2D eigenvalue weighted by molar-refractivity contribution is 7.98. The number of likely N-dealkylation sites (tertiary alicyclic amines) is 1. The third-order valence-electron chi connectivity index (χ3n) is 6.77. The van der Waals surface area contributed by atoms with Crippen LogP contribution in [-0.2, 0) is 17.9 Å². The van der Waals surface area contributed by atoms with Crippen molar-refractivity contribution in [1.29, 1.82) is 5.26 Å². The van der Waals surface area contributed by atoms with Gasteiger partial charge in [0.15, 0.2) is 5.11 Å². The van der Waals surface area contributed by atoms with E-state index in [0.717, 1.165) is 59.4 Å². The molecule has 2 heterocycles. The summed E-state index contributed by atoms with van der Waals surface area (Å²) in [4.78, 5) is 17.7. The number of hydrogen-bond donors (Lipinski definition) is 2. The summed E-state index contributed by atoms with van der Waals surface area (Å²) >= 11 is 13.4. The largest absolute Gasteiger partial charge is 0.358 e. The smallest absolute Gasteiger partial charge is 0.241 e. The topological polar surface area (TPSA) is 71.4 Å². The van der Waals surface area contributed by atoms with Crippen LogP contribution in [0.2, 0.25) is 5.02 Å². The Kier molecular flexibility index (Phi) is 8.55. The normalized spacial score (nSPS) is 19.1. The van der Waals surface area contributed by atoms with E-state index in [1.165, 1.54) is 0 Å². The molecular weight excluding hydrogens is 498 g/mol. The Morgan fingerprint density at radius 2 is 2.00 bits per heavy atom. The van der Waals surface area contributed by atoms with Gasteiger partial charge in [0, 0.05) is 44.0 Å². The lowest BCUT2D eigenvalue weighted by molar-refractivity contribution is -0.134. The zero-order chi connectivity index (χ0) is 24.8. The van der Waals surface area contributed by atoms with E-state index in [0.29, 0.717) is 18.7 Å². The minimum atomic E-state index is -0.398. The summed E-state index contributed by atoms with van der Waals surface area (Å²) in [6.45, 7) is 2.66. The number of halogens is 1. The Bertz CT molecular complexity index is 1100. The number of nitrogens with zero attached hydrogens (tertiary/aromatic N) is 3. The number of amides is 1. The van der Waals surface area contributed by atoms with Gasteiger partial charge in [0.1, 0.15) is 0 Å². The summed E-state index contributed by atoms with van der Waals surface area (Å²) in [6, 6.07) is 17.3. The summed E-state index contributed by atoms with van der Waals surface area (Å²) in [6.07, 6.45) is 4.45. The molecule has 9 heteroatoms. The average molecular weight is 528 g/mol. The van der Waals surface area contributed by atoms with E-state index in [9.17, 15) is 10.1 Å². The van der Waals surface area contributed by atoms with Gasteiger partial charge in [-0.1, -0.05) is 35.9 Å². The molecule has 1 amide bonds. The molecule has 2 aromatic rings. The first-order chi connectivity index (χ1) is 16.9. The second-order valence-electron chi connectivity index (χ2n) is 9.02. The van der Waals surface area contributed by atoms with Gasteiger partial charge in [-0.05, 0) is 66.0 Å². The SMILES string of the molecule is CSCCC1NC2(CCN(C(=S)NCc3ccc(Cl)cc3)CC2)N(Cc2cccc(C#N)c2)C1=O. The monoisotopic (exact) mass is 527 g/mol. The molecule has 1 spiro atoms. The van der Waals surface area contributed by atoms with Crippen LogP contribution in [0.5, 0.6) is 0 Å². The van der Waals surface area contributed by atoms with E-state index in [1.807, 2.05) is 47.4 Å². The third-order valence-corrected chi connectivity index (χ3v) is 8.06. The average Bonchev–Trinajstić information content (AvgIpc) is 3.13. The van der Waals surface area contributed by atoms with Gasteiger partial charge < -0.3 is 15.1 Å². The van der Waals surface area contributed by atoms with E-state index in [2.05, 4.69) is 27.9 Å². The van der Waals surface area contributed by atoms with Gasteiger partial charge in [0.25, 0.3) is 0 Å². The Balaban J connectivity index is 1.43. The number of carbonyl (C=O) groups excluding carboxylic acids is 1. The van der Waals surface area contributed by atoms with Crippen molar-refractivity contribution in [1.82, 2.24) is 20.4 Å². The molecule has 35 heavy (non-hydrogen) atoms. The molecule has 0 aromatic heterocycles. The predicted molar refractivity (Wildman–Crippen MR) is 146 cm³/mol. The summed E-state index contributed by atoms with van der Waals surface area (Å²) in [5, 5.41) is 17.8. The molecule has 184 valence electrons. The number of carbonyl (C=O) groups is 1. The van der Waals surface area contributed by atoms with Crippen LogP contribution in [0.1, 0.15) is 36.0 Å². The van der Waals surface area contributed by atoms with Gasteiger partial charge in [-0.3, -0.25) is 10.1 Å². The van der Waals surface area contributed by atoms with Crippen molar-refractivity contribution >= 4 is 46.6 Å². The van der Waals surface area contributed by atoms with Crippen molar-refractivity contribution in [3.63, 3.8) is 0 Å². The van der Waals surface area contributed by atoms with E-state index >= 15 is 0 Å². The van der Waals surface area contributed by atoms with Crippen molar-refractivity contribution < 1.29 is 4.79 Å². The molecule has 2 fully saturated rings. The van der Waals surface area contributed by atoms with Crippen LogP contribution < -0.4 is 10.6 Å². The molecule has 0 aliphatic carbocycles. The summed E-state index contributed by atoms with van der Waals surface area (Å²) in [5.74, 6) is 1.08. The lowest BCUT2D eigenvalue weighted by Crippen LogP contribution is -2.60. The first-order valence-corrected chi connectivity index (χ1v) is 14.0. The van der Waals surface area contributed by atoms with Crippen molar-refractivity contribution in [2.24, 2.45) is 0 Å². The van der Waals surface area contributed by atoms with Crippen LogP contribution in [0.15, 0.2) is 48.5 Å². The number of hydrogen-bond acceptors (Lipinski definition) is 5. The minimum Gasteiger partial charge on any atom is -0.358 e. The molecule has 2 aliphatic rings. The van der Waals surface area contributed by atoms with Crippen LogP contribution in [0.25, 0.3) is 0 Å². The molecule has 2 N–H and O–H groups in total. The Labute approximate surface area is 222 Å². The van der Waals surface area contributed by atoms with Gasteiger partial charge >= 0.3 is 0 Å². The van der Waals surface area contributed by atoms with Crippen molar-refractivity contribution in [3.8, 4) is 6.07 Å². The van der Waals surface area contributed by atoms with Gasteiger partial charge in [-0.2, -0.15) is 17.0 Å². The van der Waals surface area contributed by atoms with Gasteiger partial charge in [-0.25, -0.2) is 0 Å². The Hall–Kier alpha value is -2.31. The summed E-state index contributed by atoms with van der Waals surface area (Å²) in [5.41, 5.74) is 2.31. The molecule has 2 aromatic carbocycles. The zero-order valence-corrected chi connectivity index (χ0v) is 22.2. The minimum absolute atomic E-state index is 0.151. The predicted octanol–water partition coefficient (Wildman–Crippen LogP) is 4.13. The molecule has 1 unspecified atom stereocenters. The highest BCUT2D eigenvalue weighted by Gasteiger charge is 2.51. The second-order valence-corrected chi connectivity index (χ2v) is 10.8. The quantitative estimate of drug-likeness (QED) is 0.524. The number of rotatable bonds is 7. The van der Waals surface area contributed by atoms with E-state index in [1.54, 1.807) is 17.8 Å². The number of thioether (sulfide) groups is 1. The third kappa shape index (κ3) is 6.10. The number of benzene rings is 2. The molecule has 6 nitrogen and oxygen atoms in total. The van der Waals surface area contributed by atoms with Crippen LogP contribution >= 0.6 is 35.6 Å². The van der Waals surface area contributed by atoms with Crippen molar-refractivity contribution in [3.05, 3.63) is 70.2 Å². The molecule has 0 bridgehead atoms. The lowest BCUT2D eigenvalue weighted by Gasteiger charge is -2.45. The molecule has 0 saturated carbocycles. The Morgan fingerprint density at radius 3 is 2.69 bits per heavy atom. The second kappa shape index (κ2) is 11.6. The van der Waals surface area contributed by atoms with E-state index in [4.69, 9.17) is 23.8 Å². The number of nitrogens with one attached hydrogen (secondary N) is 2. The molecule has 2 saturated heterocycles. The molecule has 0 radical (unpaired) electrons. The van der Waals surface area contributed by atoms with Gasteiger partial charge in [-0.15, -0.1) is 0 Å². The molecule has 1 atom stereocenters. The van der Waals surface area contributed by atoms with Crippen LogP contribution in [0.3, 0.4) is 0 Å². The number of nitriles is 1. The zero-order valence-electron chi connectivity index (χ0n) is 19.8. The molecule has 4 rings (SSSR count).